The molecule has 2 nitrogen and oxygen atoms in total. The first-order valence-electron chi connectivity index (χ1n) is 13.8. The predicted octanol–water partition coefficient (Wildman–Crippen LogP) is 9.32. The molecule has 3 unspecified atom stereocenters. The quantitative estimate of drug-likeness (QED) is 0.184. The summed E-state index contributed by atoms with van der Waals surface area (Å²) in [6.45, 7) is 18.6. The summed E-state index contributed by atoms with van der Waals surface area (Å²) in [6.07, 6.45) is 5.41. The molecule has 0 aliphatic heterocycles. The second-order valence-electron chi connectivity index (χ2n) is 11.5. The Labute approximate surface area is 227 Å². The molecule has 3 aromatic carbocycles. The van der Waals surface area contributed by atoms with Gasteiger partial charge in [-0.25, -0.2) is 0 Å². The summed E-state index contributed by atoms with van der Waals surface area (Å²) in [5, 5.41) is 1.31. The Kier molecular flexibility index (Phi) is 10.1. The Balaban J connectivity index is 2.10. The van der Waals surface area contributed by atoms with Crippen molar-refractivity contribution < 1.29 is 4.74 Å². The van der Waals surface area contributed by atoms with Crippen molar-refractivity contribution in [1.82, 2.24) is 0 Å². The molecule has 37 heavy (non-hydrogen) atoms. The third-order valence-corrected chi connectivity index (χ3v) is 8.90. The van der Waals surface area contributed by atoms with E-state index in [9.17, 15) is 0 Å². The van der Waals surface area contributed by atoms with Crippen LogP contribution in [0.3, 0.4) is 0 Å². The number of nitrogens with zero attached hydrogens (tertiary/aromatic N) is 1. The second-order valence-corrected chi connectivity index (χ2v) is 13.4. The van der Waals surface area contributed by atoms with Crippen LogP contribution in [0.15, 0.2) is 71.7 Å². The molecule has 0 heterocycles. The van der Waals surface area contributed by atoms with Gasteiger partial charge in [0, 0.05) is 16.9 Å². The van der Waals surface area contributed by atoms with Crippen LogP contribution in [0.2, 0.25) is 0 Å². The SMILES string of the molecule is CCCC(C)c1cc(C)cc(C(C)(CC)Pc2ccccc2/C=N/C(C)(C)C)c1OCc1ccccc1. The number of hydrogen-bond acceptors (Lipinski definition) is 2. The number of aliphatic imine (C=N–C) groups is 1. The smallest absolute Gasteiger partial charge is 0.127 e. The highest BCUT2D eigenvalue weighted by Crippen LogP contribution is 2.50. The van der Waals surface area contributed by atoms with Gasteiger partial charge in [-0.15, -0.1) is 0 Å². The molecule has 0 aromatic heterocycles. The van der Waals surface area contributed by atoms with E-state index in [2.05, 4.69) is 128 Å². The normalized spacial score (nSPS) is 14.8. The maximum Gasteiger partial charge on any atom is 0.127 e. The minimum Gasteiger partial charge on any atom is -0.488 e. The largest absolute Gasteiger partial charge is 0.488 e. The lowest BCUT2D eigenvalue weighted by atomic mass is 9.87. The van der Waals surface area contributed by atoms with E-state index in [0.29, 0.717) is 21.1 Å². The van der Waals surface area contributed by atoms with Crippen molar-refractivity contribution in [3.8, 4) is 5.75 Å². The number of ether oxygens (including phenoxy) is 1. The Morgan fingerprint density at radius 2 is 1.62 bits per heavy atom. The van der Waals surface area contributed by atoms with Crippen LogP contribution in [0.25, 0.3) is 0 Å². The van der Waals surface area contributed by atoms with Crippen molar-refractivity contribution in [3.05, 3.63) is 94.5 Å². The predicted molar refractivity (Wildman–Crippen MR) is 165 cm³/mol. The second kappa shape index (κ2) is 12.9. The molecule has 0 aliphatic carbocycles. The first kappa shape index (κ1) is 29.1. The van der Waals surface area contributed by atoms with Crippen LogP contribution >= 0.6 is 8.58 Å². The molecule has 0 N–H and O–H groups in total. The molecule has 3 rings (SSSR count). The molecule has 0 amide bonds. The van der Waals surface area contributed by atoms with Gasteiger partial charge >= 0.3 is 0 Å². The van der Waals surface area contributed by atoms with Gasteiger partial charge in [-0.1, -0.05) is 115 Å². The van der Waals surface area contributed by atoms with E-state index in [1.165, 1.54) is 33.1 Å². The lowest BCUT2D eigenvalue weighted by Gasteiger charge is -2.34. The Bertz CT molecular complexity index is 1180. The summed E-state index contributed by atoms with van der Waals surface area (Å²) in [7, 11) is 0.601. The van der Waals surface area contributed by atoms with Gasteiger partial charge in [-0.05, 0) is 68.4 Å². The topological polar surface area (TPSA) is 21.6 Å². The molecule has 0 fully saturated rings. The fraction of sp³-hybridized carbons (Fsp3) is 0.441. The maximum absolute atomic E-state index is 6.76. The number of rotatable bonds is 11. The van der Waals surface area contributed by atoms with E-state index >= 15 is 0 Å². The molecule has 0 aliphatic rings. The zero-order valence-corrected chi connectivity index (χ0v) is 25.2. The third-order valence-electron chi connectivity index (χ3n) is 7.00. The molecular formula is C34H46NOP. The summed E-state index contributed by atoms with van der Waals surface area (Å²) in [5.74, 6) is 1.54. The van der Waals surface area contributed by atoms with Crippen LogP contribution in [-0.4, -0.2) is 11.8 Å². The fourth-order valence-electron chi connectivity index (χ4n) is 4.69. The minimum atomic E-state index is -0.0937. The summed E-state index contributed by atoms with van der Waals surface area (Å²) in [4.78, 5) is 4.82. The first-order valence-corrected chi connectivity index (χ1v) is 14.8. The van der Waals surface area contributed by atoms with E-state index in [0.717, 1.165) is 25.0 Å². The Morgan fingerprint density at radius 1 is 0.946 bits per heavy atom. The molecule has 3 atom stereocenters. The molecule has 3 aromatic rings. The third kappa shape index (κ3) is 8.02. The van der Waals surface area contributed by atoms with Crippen LogP contribution < -0.4 is 10.0 Å². The molecule has 198 valence electrons. The van der Waals surface area contributed by atoms with Crippen LogP contribution in [-0.2, 0) is 11.8 Å². The number of benzene rings is 3. The molecule has 3 heteroatoms. The van der Waals surface area contributed by atoms with E-state index in [4.69, 9.17) is 9.73 Å². The number of hydrogen-bond donors (Lipinski definition) is 0. The fourth-order valence-corrected chi connectivity index (χ4v) is 6.25. The van der Waals surface area contributed by atoms with Gasteiger partial charge in [0.15, 0.2) is 0 Å². The summed E-state index contributed by atoms with van der Waals surface area (Å²) in [6, 6.07) is 24.0. The van der Waals surface area contributed by atoms with Gasteiger partial charge in [0.05, 0.1) is 5.54 Å². The summed E-state index contributed by atoms with van der Waals surface area (Å²) >= 11 is 0. The minimum absolute atomic E-state index is 0.0512. The Hall–Kier alpha value is -2.44. The van der Waals surface area contributed by atoms with Gasteiger partial charge in [0.1, 0.15) is 12.4 Å². The van der Waals surface area contributed by atoms with Crippen molar-refractivity contribution in [1.29, 1.82) is 0 Å². The lowest BCUT2D eigenvalue weighted by molar-refractivity contribution is 0.294. The standard InChI is InChI=1S/C34H46NOP/c1-9-16-26(4)29-21-25(3)22-30(32(29)36-24-27-17-12-11-13-18-27)34(8,10-2)37-31-20-15-14-19-28(31)23-35-33(5,6)7/h11-15,17-23,26,37H,9-10,16,24H2,1-8H3/b35-23+. The first-order chi connectivity index (χ1) is 17.6. The monoisotopic (exact) mass is 515 g/mol. The average Bonchev–Trinajstić information content (AvgIpc) is 2.87. The highest BCUT2D eigenvalue weighted by molar-refractivity contribution is 7.48. The van der Waals surface area contributed by atoms with Crippen LogP contribution in [0, 0.1) is 6.92 Å². The van der Waals surface area contributed by atoms with E-state index < -0.39 is 0 Å². The van der Waals surface area contributed by atoms with Crippen LogP contribution in [0.1, 0.15) is 101 Å². The van der Waals surface area contributed by atoms with Crippen LogP contribution in [0.5, 0.6) is 5.75 Å². The average molecular weight is 516 g/mol. The van der Waals surface area contributed by atoms with Gasteiger partial charge in [0.2, 0.25) is 0 Å². The summed E-state index contributed by atoms with van der Waals surface area (Å²) < 4.78 is 6.76. The molecule has 0 spiro atoms. The van der Waals surface area contributed by atoms with E-state index in [1.807, 2.05) is 0 Å². The highest BCUT2D eigenvalue weighted by Gasteiger charge is 2.32. The maximum atomic E-state index is 6.76. The van der Waals surface area contributed by atoms with E-state index in [-0.39, 0.29) is 10.7 Å². The molecule has 0 bridgehead atoms. The zero-order chi connectivity index (χ0) is 27.1. The van der Waals surface area contributed by atoms with Gasteiger partial charge in [-0.3, -0.25) is 4.99 Å². The van der Waals surface area contributed by atoms with E-state index in [1.54, 1.807) is 0 Å². The molecule has 0 radical (unpaired) electrons. The van der Waals surface area contributed by atoms with Crippen LogP contribution in [0.4, 0.5) is 0 Å². The lowest BCUT2D eigenvalue weighted by Crippen LogP contribution is -2.22. The molecular weight excluding hydrogens is 469 g/mol. The number of aryl methyl sites for hydroxylation is 1. The van der Waals surface area contributed by atoms with Crippen molar-refractivity contribution in [2.24, 2.45) is 4.99 Å². The molecule has 0 saturated carbocycles. The van der Waals surface area contributed by atoms with Crippen molar-refractivity contribution >= 4 is 20.1 Å². The van der Waals surface area contributed by atoms with Crippen molar-refractivity contribution in [2.75, 3.05) is 0 Å². The highest BCUT2D eigenvalue weighted by atomic mass is 31.1. The van der Waals surface area contributed by atoms with Crippen molar-refractivity contribution in [2.45, 2.75) is 97.9 Å². The molecule has 0 saturated heterocycles. The van der Waals surface area contributed by atoms with Gasteiger partial charge in [-0.2, -0.15) is 0 Å². The van der Waals surface area contributed by atoms with Gasteiger partial charge in [0.25, 0.3) is 0 Å². The summed E-state index contributed by atoms with van der Waals surface area (Å²) in [5.41, 5.74) is 6.32. The van der Waals surface area contributed by atoms with Crippen molar-refractivity contribution in [3.63, 3.8) is 0 Å². The zero-order valence-electron chi connectivity index (χ0n) is 24.2. The Morgan fingerprint density at radius 3 is 2.27 bits per heavy atom. The van der Waals surface area contributed by atoms with Gasteiger partial charge < -0.3 is 4.74 Å².